The molecule has 1 rings (SSSR count). The maximum atomic E-state index is 9.36. The molecule has 0 aliphatic rings. The average molecular weight is 292 g/mol. The number of halogens is 2. The van der Waals surface area contributed by atoms with E-state index in [1.807, 2.05) is 6.92 Å². The maximum Gasteiger partial charge on any atom is 0.186 e. The highest BCUT2D eigenvalue weighted by Gasteiger charge is 2.05. The number of benzene rings is 1. The zero-order valence-electron chi connectivity index (χ0n) is 9.00. The molecule has 0 amide bonds. The Balaban J connectivity index is 2.69. The zero-order valence-corrected chi connectivity index (χ0v) is 11.3. The second-order valence-corrected chi connectivity index (χ2v) is 4.29. The molecule has 7 heteroatoms. The van der Waals surface area contributed by atoms with Gasteiger partial charge in [0, 0.05) is 6.54 Å². The van der Waals surface area contributed by atoms with Crippen molar-refractivity contribution in [1.82, 2.24) is 10.7 Å². The molecule has 92 valence electrons. The third-order valence-corrected chi connectivity index (χ3v) is 2.57. The van der Waals surface area contributed by atoms with Crippen molar-refractivity contribution in [3.8, 4) is 5.75 Å². The van der Waals surface area contributed by atoms with Gasteiger partial charge in [-0.2, -0.15) is 5.10 Å². The third kappa shape index (κ3) is 4.38. The fraction of sp³-hybridized carbons (Fsp3) is 0.200. The third-order valence-electron chi connectivity index (χ3n) is 1.76. The van der Waals surface area contributed by atoms with Crippen LogP contribution in [0, 0.1) is 0 Å². The zero-order chi connectivity index (χ0) is 12.8. The van der Waals surface area contributed by atoms with Gasteiger partial charge < -0.3 is 10.4 Å². The van der Waals surface area contributed by atoms with Gasteiger partial charge in [0.2, 0.25) is 0 Å². The SMILES string of the molecule is CCNC(=S)N/N=C/c1cc(Cl)c(O)c(Cl)c1. The summed E-state index contributed by atoms with van der Waals surface area (Å²) in [7, 11) is 0. The molecule has 0 heterocycles. The van der Waals surface area contributed by atoms with Crippen LogP contribution in [0.1, 0.15) is 12.5 Å². The van der Waals surface area contributed by atoms with Gasteiger partial charge in [0.25, 0.3) is 0 Å². The molecule has 0 unspecified atom stereocenters. The van der Waals surface area contributed by atoms with Gasteiger partial charge in [-0.25, -0.2) is 0 Å². The van der Waals surface area contributed by atoms with E-state index in [0.29, 0.717) is 10.7 Å². The first-order valence-corrected chi connectivity index (χ1v) is 5.96. The van der Waals surface area contributed by atoms with Crippen LogP contribution >= 0.6 is 35.4 Å². The van der Waals surface area contributed by atoms with Gasteiger partial charge in [0.05, 0.1) is 16.3 Å². The minimum Gasteiger partial charge on any atom is -0.505 e. The number of rotatable bonds is 3. The minimum absolute atomic E-state index is 0.137. The van der Waals surface area contributed by atoms with E-state index in [9.17, 15) is 5.11 Å². The van der Waals surface area contributed by atoms with Crippen LogP contribution in [0.2, 0.25) is 10.0 Å². The molecule has 0 atom stereocenters. The van der Waals surface area contributed by atoms with Crippen LogP contribution in [0.15, 0.2) is 17.2 Å². The van der Waals surface area contributed by atoms with E-state index in [4.69, 9.17) is 35.4 Å². The molecule has 0 aromatic heterocycles. The molecule has 0 saturated heterocycles. The smallest absolute Gasteiger partial charge is 0.186 e. The molecule has 0 saturated carbocycles. The van der Waals surface area contributed by atoms with Crippen LogP contribution in [0.4, 0.5) is 0 Å². The van der Waals surface area contributed by atoms with E-state index in [0.717, 1.165) is 6.54 Å². The largest absolute Gasteiger partial charge is 0.505 e. The monoisotopic (exact) mass is 291 g/mol. The van der Waals surface area contributed by atoms with Gasteiger partial charge in [-0.1, -0.05) is 23.2 Å². The first-order valence-electron chi connectivity index (χ1n) is 4.79. The summed E-state index contributed by atoms with van der Waals surface area (Å²) in [5.41, 5.74) is 3.28. The highest BCUT2D eigenvalue weighted by atomic mass is 35.5. The van der Waals surface area contributed by atoms with E-state index >= 15 is 0 Å². The number of thiocarbonyl (C=S) groups is 1. The Hall–Kier alpha value is -1.04. The molecule has 0 aliphatic carbocycles. The lowest BCUT2D eigenvalue weighted by atomic mass is 10.2. The molecule has 0 bridgehead atoms. The van der Waals surface area contributed by atoms with Gasteiger partial charge in [-0.05, 0) is 36.8 Å². The fourth-order valence-electron chi connectivity index (χ4n) is 1.03. The van der Waals surface area contributed by atoms with Crippen LogP contribution in [0.3, 0.4) is 0 Å². The van der Waals surface area contributed by atoms with Crippen molar-refractivity contribution in [2.45, 2.75) is 6.92 Å². The Morgan fingerprint density at radius 1 is 1.47 bits per heavy atom. The Labute approximate surface area is 115 Å². The normalized spacial score (nSPS) is 10.5. The molecule has 0 radical (unpaired) electrons. The second-order valence-electron chi connectivity index (χ2n) is 3.06. The van der Waals surface area contributed by atoms with Crippen molar-refractivity contribution in [3.63, 3.8) is 0 Å². The van der Waals surface area contributed by atoms with E-state index in [-0.39, 0.29) is 15.8 Å². The average Bonchev–Trinajstić information content (AvgIpc) is 2.26. The van der Waals surface area contributed by atoms with Crippen molar-refractivity contribution >= 4 is 46.7 Å². The summed E-state index contributed by atoms with van der Waals surface area (Å²) in [5.74, 6) is -0.137. The molecule has 0 fully saturated rings. The Morgan fingerprint density at radius 2 is 2.06 bits per heavy atom. The van der Waals surface area contributed by atoms with Crippen LogP contribution < -0.4 is 10.7 Å². The van der Waals surface area contributed by atoms with Gasteiger partial charge in [-0.3, -0.25) is 5.43 Å². The van der Waals surface area contributed by atoms with Crippen molar-refractivity contribution < 1.29 is 5.11 Å². The number of nitrogens with zero attached hydrogens (tertiary/aromatic N) is 1. The summed E-state index contributed by atoms with van der Waals surface area (Å²) in [5, 5.41) is 16.9. The van der Waals surface area contributed by atoms with E-state index in [2.05, 4.69) is 15.8 Å². The molecular weight excluding hydrogens is 281 g/mol. The highest BCUT2D eigenvalue weighted by Crippen LogP contribution is 2.32. The maximum absolute atomic E-state index is 9.36. The molecular formula is C10H11Cl2N3OS. The Bertz CT molecular complexity index is 428. The quantitative estimate of drug-likeness (QED) is 0.455. The number of phenolic OH excluding ortho intramolecular Hbond substituents is 1. The molecule has 1 aromatic carbocycles. The summed E-state index contributed by atoms with van der Waals surface area (Å²) in [6, 6.07) is 3.09. The van der Waals surface area contributed by atoms with Gasteiger partial charge in [0.1, 0.15) is 0 Å². The summed E-state index contributed by atoms with van der Waals surface area (Å²) < 4.78 is 0. The Morgan fingerprint density at radius 3 is 2.59 bits per heavy atom. The molecule has 4 nitrogen and oxygen atoms in total. The van der Waals surface area contributed by atoms with Crippen LogP contribution in [0.5, 0.6) is 5.75 Å². The van der Waals surface area contributed by atoms with E-state index in [1.54, 1.807) is 12.1 Å². The lowest BCUT2D eigenvalue weighted by Crippen LogP contribution is -2.31. The molecule has 1 aromatic rings. The van der Waals surface area contributed by atoms with Crippen LogP contribution in [-0.4, -0.2) is 23.0 Å². The standard InChI is InChI=1S/C10H11Cl2N3OS/c1-2-13-10(17)15-14-5-6-3-7(11)9(16)8(12)4-6/h3-5,16H,2H2,1H3,(H2,13,15,17)/b14-5+. The number of phenols is 1. The van der Waals surface area contributed by atoms with E-state index < -0.39 is 0 Å². The number of aromatic hydroxyl groups is 1. The summed E-state index contributed by atoms with van der Waals surface area (Å²) in [6.45, 7) is 2.65. The first-order chi connectivity index (χ1) is 8.04. The van der Waals surface area contributed by atoms with Crippen molar-refractivity contribution in [2.24, 2.45) is 5.10 Å². The minimum atomic E-state index is -0.137. The van der Waals surface area contributed by atoms with Crippen LogP contribution in [-0.2, 0) is 0 Å². The number of hydrazone groups is 1. The number of nitrogens with one attached hydrogen (secondary N) is 2. The lowest BCUT2D eigenvalue weighted by molar-refractivity contribution is 0.476. The van der Waals surface area contributed by atoms with Crippen molar-refractivity contribution in [3.05, 3.63) is 27.7 Å². The first kappa shape index (κ1) is 14.0. The van der Waals surface area contributed by atoms with E-state index in [1.165, 1.54) is 6.21 Å². The Kier molecular flexibility index (Phi) is 5.47. The predicted molar refractivity (Wildman–Crippen MR) is 75.1 cm³/mol. The topological polar surface area (TPSA) is 56.7 Å². The highest BCUT2D eigenvalue weighted by molar-refractivity contribution is 7.80. The van der Waals surface area contributed by atoms with Crippen LogP contribution in [0.25, 0.3) is 0 Å². The van der Waals surface area contributed by atoms with Gasteiger partial charge in [0.15, 0.2) is 10.9 Å². The van der Waals surface area contributed by atoms with Crippen molar-refractivity contribution in [1.29, 1.82) is 0 Å². The molecule has 3 N–H and O–H groups in total. The number of hydrogen-bond acceptors (Lipinski definition) is 3. The molecule has 17 heavy (non-hydrogen) atoms. The molecule has 0 aliphatic heterocycles. The second kappa shape index (κ2) is 6.64. The fourth-order valence-corrected chi connectivity index (χ4v) is 1.73. The van der Waals surface area contributed by atoms with Gasteiger partial charge in [-0.15, -0.1) is 0 Å². The summed E-state index contributed by atoms with van der Waals surface area (Å²) >= 11 is 16.4. The van der Waals surface area contributed by atoms with Crippen molar-refractivity contribution in [2.75, 3.05) is 6.54 Å². The number of hydrogen-bond donors (Lipinski definition) is 3. The summed E-state index contributed by atoms with van der Waals surface area (Å²) in [4.78, 5) is 0. The summed E-state index contributed by atoms with van der Waals surface area (Å²) in [6.07, 6.45) is 1.50. The lowest BCUT2D eigenvalue weighted by Gasteiger charge is -2.03. The van der Waals surface area contributed by atoms with Gasteiger partial charge >= 0.3 is 0 Å². The predicted octanol–water partition coefficient (Wildman–Crippen LogP) is 2.52. The molecule has 0 spiro atoms.